The Balaban J connectivity index is 3.50. The number of hydrogen-bond acceptors (Lipinski definition) is 5. The quantitative estimate of drug-likeness (QED) is 0.571. The molecule has 0 aliphatic heterocycles. The van der Waals surface area contributed by atoms with Crippen molar-refractivity contribution in [2.75, 3.05) is 7.11 Å². The Labute approximate surface area is 85.5 Å². The summed E-state index contributed by atoms with van der Waals surface area (Å²) in [6.45, 7) is 0. The summed E-state index contributed by atoms with van der Waals surface area (Å²) >= 11 is 0. The Bertz CT molecular complexity index is 459. The molecule has 76 valence electrons. The number of phenols is 1. The maximum Gasteiger partial charge on any atom is 0.338 e. The summed E-state index contributed by atoms with van der Waals surface area (Å²) in [5.41, 5.74) is -0.431. The third-order valence-electron chi connectivity index (χ3n) is 1.86. The van der Waals surface area contributed by atoms with E-state index in [-0.39, 0.29) is 22.4 Å². The molecule has 0 aliphatic rings. The average molecular weight is 205 g/mol. The van der Waals surface area contributed by atoms with Gasteiger partial charge in [-0.1, -0.05) is 0 Å². The van der Waals surface area contributed by atoms with Crippen molar-refractivity contribution >= 4 is 12.3 Å². The normalized spacial score (nSPS) is 9.07. The van der Waals surface area contributed by atoms with Gasteiger partial charge in [0.25, 0.3) is 0 Å². The van der Waals surface area contributed by atoms with E-state index in [9.17, 15) is 14.7 Å². The van der Waals surface area contributed by atoms with Gasteiger partial charge in [0, 0.05) is 0 Å². The molecule has 0 heterocycles. The van der Waals surface area contributed by atoms with Crippen LogP contribution in [0, 0.1) is 11.3 Å². The van der Waals surface area contributed by atoms with Gasteiger partial charge in [-0.25, -0.2) is 4.79 Å². The van der Waals surface area contributed by atoms with Crippen molar-refractivity contribution in [3.8, 4) is 11.8 Å². The molecular formula is C10H7NO4. The van der Waals surface area contributed by atoms with Crippen LogP contribution in [0.1, 0.15) is 26.3 Å². The topological polar surface area (TPSA) is 87.4 Å². The highest BCUT2D eigenvalue weighted by molar-refractivity contribution is 6.00. The molecule has 0 atom stereocenters. The molecule has 0 aliphatic carbocycles. The molecular weight excluding hydrogens is 198 g/mol. The second kappa shape index (κ2) is 4.24. The van der Waals surface area contributed by atoms with Gasteiger partial charge in [0.1, 0.15) is 17.4 Å². The standard InChI is InChI=1S/C10H7NO4/c1-15-10(14)6-2-3-9(13)7(4-11)8(6)5-12/h2-3,5,13H,1H3. The number of carbonyl (C=O) groups is 2. The zero-order valence-electron chi connectivity index (χ0n) is 7.85. The lowest BCUT2D eigenvalue weighted by atomic mass is 10.0. The molecule has 0 saturated heterocycles. The van der Waals surface area contributed by atoms with Crippen molar-refractivity contribution in [3.63, 3.8) is 0 Å². The number of benzene rings is 1. The second-order valence-corrected chi connectivity index (χ2v) is 2.64. The Kier molecular flexibility index (Phi) is 3.03. The molecule has 1 aromatic rings. The SMILES string of the molecule is COC(=O)c1ccc(O)c(C#N)c1C=O. The summed E-state index contributed by atoms with van der Waals surface area (Å²) in [6.07, 6.45) is 0.338. The van der Waals surface area contributed by atoms with Crippen LogP contribution in [-0.2, 0) is 4.74 Å². The number of esters is 1. The van der Waals surface area contributed by atoms with E-state index < -0.39 is 5.97 Å². The predicted octanol–water partition coefficient (Wildman–Crippen LogP) is 0.863. The first-order valence-electron chi connectivity index (χ1n) is 3.95. The van der Waals surface area contributed by atoms with Gasteiger partial charge in [-0.05, 0) is 12.1 Å². The first-order chi connectivity index (χ1) is 7.15. The van der Waals surface area contributed by atoms with Crippen LogP contribution in [0.3, 0.4) is 0 Å². The van der Waals surface area contributed by atoms with Gasteiger partial charge < -0.3 is 9.84 Å². The monoisotopic (exact) mass is 205 g/mol. The fraction of sp³-hybridized carbons (Fsp3) is 0.100. The zero-order chi connectivity index (χ0) is 11.4. The summed E-state index contributed by atoms with van der Waals surface area (Å²) in [7, 11) is 1.16. The molecule has 0 saturated carbocycles. The number of carbonyl (C=O) groups excluding carboxylic acids is 2. The molecule has 0 spiro atoms. The number of ether oxygens (including phenoxy) is 1. The van der Waals surface area contributed by atoms with Gasteiger partial charge in [0.15, 0.2) is 6.29 Å². The molecule has 15 heavy (non-hydrogen) atoms. The molecule has 0 radical (unpaired) electrons. The Morgan fingerprint density at radius 1 is 1.60 bits per heavy atom. The number of aromatic hydroxyl groups is 1. The zero-order valence-corrected chi connectivity index (χ0v) is 7.85. The molecule has 5 heteroatoms. The molecule has 1 aromatic carbocycles. The third-order valence-corrected chi connectivity index (χ3v) is 1.86. The summed E-state index contributed by atoms with van der Waals surface area (Å²) in [5.74, 6) is -1.07. The van der Waals surface area contributed by atoms with E-state index in [2.05, 4.69) is 4.74 Å². The number of nitrogens with zero attached hydrogens (tertiary/aromatic N) is 1. The van der Waals surface area contributed by atoms with Crippen LogP contribution < -0.4 is 0 Å². The van der Waals surface area contributed by atoms with Crippen molar-refractivity contribution in [1.82, 2.24) is 0 Å². The highest BCUT2D eigenvalue weighted by Crippen LogP contribution is 2.22. The average Bonchev–Trinajstić information content (AvgIpc) is 2.27. The molecule has 0 aromatic heterocycles. The number of aldehydes is 1. The molecule has 5 nitrogen and oxygen atoms in total. The van der Waals surface area contributed by atoms with Crippen LogP contribution in [0.15, 0.2) is 12.1 Å². The fourth-order valence-electron chi connectivity index (χ4n) is 1.14. The lowest BCUT2D eigenvalue weighted by Gasteiger charge is -2.05. The fourth-order valence-corrected chi connectivity index (χ4v) is 1.14. The molecule has 0 fully saturated rings. The van der Waals surface area contributed by atoms with Crippen LogP contribution in [0.25, 0.3) is 0 Å². The van der Waals surface area contributed by atoms with Crippen molar-refractivity contribution in [2.45, 2.75) is 0 Å². The van der Waals surface area contributed by atoms with E-state index in [1.807, 2.05) is 0 Å². The minimum Gasteiger partial charge on any atom is -0.507 e. The molecule has 0 unspecified atom stereocenters. The minimum absolute atomic E-state index is 0.0400. The summed E-state index contributed by atoms with van der Waals surface area (Å²) in [6, 6.07) is 4.04. The summed E-state index contributed by atoms with van der Waals surface area (Å²) in [5, 5.41) is 18.0. The first-order valence-corrected chi connectivity index (χ1v) is 3.95. The predicted molar refractivity (Wildman–Crippen MR) is 49.5 cm³/mol. The van der Waals surface area contributed by atoms with Crippen LogP contribution in [0.2, 0.25) is 0 Å². The van der Waals surface area contributed by atoms with Crippen molar-refractivity contribution in [3.05, 3.63) is 28.8 Å². The smallest absolute Gasteiger partial charge is 0.338 e. The van der Waals surface area contributed by atoms with Crippen LogP contribution >= 0.6 is 0 Å². The van der Waals surface area contributed by atoms with Gasteiger partial charge in [0.05, 0.1) is 18.2 Å². The van der Waals surface area contributed by atoms with Crippen LogP contribution in [0.4, 0.5) is 0 Å². The van der Waals surface area contributed by atoms with E-state index in [0.717, 1.165) is 13.2 Å². The van der Waals surface area contributed by atoms with Crippen molar-refractivity contribution < 1.29 is 19.4 Å². The third kappa shape index (κ3) is 1.79. The Morgan fingerprint density at radius 3 is 2.73 bits per heavy atom. The number of phenolic OH excluding ortho intramolecular Hbond substituents is 1. The van der Waals surface area contributed by atoms with Gasteiger partial charge in [0.2, 0.25) is 0 Å². The van der Waals surface area contributed by atoms with E-state index in [4.69, 9.17) is 5.26 Å². The number of methoxy groups -OCH3 is 1. The van der Waals surface area contributed by atoms with Gasteiger partial charge >= 0.3 is 5.97 Å². The van der Waals surface area contributed by atoms with E-state index in [0.29, 0.717) is 6.29 Å². The lowest BCUT2D eigenvalue weighted by molar-refractivity contribution is 0.0598. The number of hydrogen-bond donors (Lipinski definition) is 1. The molecule has 0 amide bonds. The molecule has 1 rings (SSSR count). The van der Waals surface area contributed by atoms with Crippen LogP contribution in [0.5, 0.6) is 5.75 Å². The van der Waals surface area contributed by atoms with Gasteiger partial charge in [-0.15, -0.1) is 0 Å². The maximum atomic E-state index is 11.2. The summed E-state index contributed by atoms with van der Waals surface area (Å²) in [4.78, 5) is 21.9. The first kappa shape index (κ1) is 10.7. The largest absolute Gasteiger partial charge is 0.507 e. The highest BCUT2D eigenvalue weighted by atomic mass is 16.5. The van der Waals surface area contributed by atoms with Gasteiger partial charge in [-0.2, -0.15) is 5.26 Å². The lowest BCUT2D eigenvalue weighted by Crippen LogP contribution is -2.07. The highest BCUT2D eigenvalue weighted by Gasteiger charge is 2.17. The Hall–Kier alpha value is -2.35. The summed E-state index contributed by atoms with van der Waals surface area (Å²) < 4.78 is 4.43. The molecule has 1 N–H and O–H groups in total. The van der Waals surface area contributed by atoms with E-state index in [1.165, 1.54) is 6.07 Å². The Morgan fingerprint density at radius 2 is 2.27 bits per heavy atom. The number of rotatable bonds is 2. The van der Waals surface area contributed by atoms with E-state index >= 15 is 0 Å². The van der Waals surface area contributed by atoms with Gasteiger partial charge in [-0.3, -0.25) is 4.79 Å². The van der Waals surface area contributed by atoms with Crippen molar-refractivity contribution in [1.29, 1.82) is 5.26 Å². The number of nitriles is 1. The minimum atomic E-state index is -0.728. The van der Waals surface area contributed by atoms with Crippen molar-refractivity contribution in [2.24, 2.45) is 0 Å². The van der Waals surface area contributed by atoms with E-state index in [1.54, 1.807) is 6.07 Å². The maximum absolute atomic E-state index is 11.2. The molecule has 0 bridgehead atoms. The van der Waals surface area contributed by atoms with Crippen LogP contribution in [-0.4, -0.2) is 24.5 Å². The second-order valence-electron chi connectivity index (χ2n) is 2.64.